The molecule has 0 unspecified atom stereocenters. The van der Waals surface area contributed by atoms with Gasteiger partial charge in [-0.2, -0.15) is 0 Å². The van der Waals surface area contributed by atoms with Gasteiger partial charge in [-0.15, -0.1) is 0 Å². The van der Waals surface area contributed by atoms with Crippen molar-refractivity contribution in [2.75, 3.05) is 5.32 Å². The number of amides is 1. The minimum Gasteiger partial charge on any atom is -0.456 e. The molecule has 1 aromatic carbocycles. The fourth-order valence-corrected chi connectivity index (χ4v) is 1.99. The van der Waals surface area contributed by atoms with Crippen molar-refractivity contribution >= 4 is 27.5 Å². The van der Waals surface area contributed by atoms with Crippen molar-refractivity contribution in [3.63, 3.8) is 0 Å². The van der Waals surface area contributed by atoms with Crippen LogP contribution in [0.5, 0.6) is 0 Å². The molecule has 0 atom stereocenters. The Bertz CT molecular complexity index is 534. The number of furan rings is 1. The highest BCUT2D eigenvalue weighted by Crippen LogP contribution is 2.19. The van der Waals surface area contributed by atoms with Crippen molar-refractivity contribution in [2.45, 2.75) is 12.3 Å². The van der Waals surface area contributed by atoms with Crippen molar-refractivity contribution in [3.05, 3.63) is 53.5 Å². The summed E-state index contributed by atoms with van der Waals surface area (Å²) in [4.78, 5) is 11.9. The van der Waals surface area contributed by atoms with E-state index in [9.17, 15) is 4.79 Å². The van der Waals surface area contributed by atoms with Crippen molar-refractivity contribution in [1.29, 1.82) is 0 Å². The molecule has 1 amide bonds. The Hall–Kier alpha value is -1.55. The molecule has 0 spiro atoms. The molecule has 0 radical (unpaired) electrons. The van der Waals surface area contributed by atoms with Crippen LogP contribution in [0.4, 0.5) is 5.69 Å². The highest BCUT2D eigenvalue weighted by molar-refractivity contribution is 9.08. The van der Waals surface area contributed by atoms with Crippen LogP contribution in [-0.4, -0.2) is 5.91 Å². The van der Waals surface area contributed by atoms with Gasteiger partial charge in [-0.1, -0.05) is 34.1 Å². The fourth-order valence-electron chi connectivity index (χ4n) is 1.50. The summed E-state index contributed by atoms with van der Waals surface area (Å²) in [5, 5.41) is 3.52. The first-order valence-electron chi connectivity index (χ1n) is 5.22. The van der Waals surface area contributed by atoms with Crippen LogP contribution in [0.15, 0.2) is 40.8 Å². The normalized spacial score (nSPS) is 10.2. The summed E-state index contributed by atoms with van der Waals surface area (Å²) in [7, 11) is 0. The second-order valence-corrected chi connectivity index (χ2v) is 4.22. The van der Waals surface area contributed by atoms with Crippen LogP contribution in [0.25, 0.3) is 0 Å². The highest BCUT2D eigenvalue weighted by atomic mass is 79.9. The minimum atomic E-state index is -0.230. The molecule has 1 heterocycles. The number of anilines is 1. The van der Waals surface area contributed by atoms with Crippen LogP contribution in [0, 0.1) is 6.92 Å². The molecule has 0 bridgehead atoms. The average Bonchev–Trinajstić information content (AvgIpc) is 2.77. The highest BCUT2D eigenvalue weighted by Gasteiger charge is 2.11. The number of rotatable bonds is 3. The van der Waals surface area contributed by atoms with Crippen LogP contribution >= 0.6 is 15.9 Å². The summed E-state index contributed by atoms with van der Waals surface area (Å²) < 4.78 is 5.27. The Balaban J connectivity index is 2.18. The zero-order chi connectivity index (χ0) is 12.3. The van der Waals surface area contributed by atoms with Gasteiger partial charge in [-0.25, -0.2) is 0 Å². The number of alkyl halides is 1. The molecule has 0 aliphatic carbocycles. The second kappa shape index (κ2) is 5.19. The van der Waals surface area contributed by atoms with Gasteiger partial charge in [0.2, 0.25) is 0 Å². The van der Waals surface area contributed by atoms with Gasteiger partial charge in [0.1, 0.15) is 5.76 Å². The summed E-state index contributed by atoms with van der Waals surface area (Å²) in [6.45, 7) is 1.81. The van der Waals surface area contributed by atoms with E-state index in [0.717, 1.165) is 17.0 Å². The molecule has 17 heavy (non-hydrogen) atoms. The third-order valence-corrected chi connectivity index (χ3v) is 2.98. The van der Waals surface area contributed by atoms with E-state index in [0.29, 0.717) is 11.1 Å². The van der Waals surface area contributed by atoms with Gasteiger partial charge >= 0.3 is 0 Å². The van der Waals surface area contributed by atoms with Crippen LogP contribution in [0.3, 0.4) is 0 Å². The average molecular weight is 294 g/mol. The fraction of sp³-hybridized carbons (Fsp3) is 0.154. The maximum Gasteiger partial charge on any atom is 0.291 e. The molecule has 4 heteroatoms. The largest absolute Gasteiger partial charge is 0.456 e. The van der Waals surface area contributed by atoms with Crippen LogP contribution in [0.1, 0.15) is 21.9 Å². The number of hydrogen-bond acceptors (Lipinski definition) is 2. The van der Waals surface area contributed by atoms with E-state index < -0.39 is 0 Å². The zero-order valence-electron chi connectivity index (χ0n) is 9.37. The van der Waals surface area contributed by atoms with Gasteiger partial charge in [0, 0.05) is 11.0 Å². The molecule has 1 aromatic heterocycles. The van der Waals surface area contributed by atoms with Gasteiger partial charge < -0.3 is 9.73 Å². The molecule has 0 saturated heterocycles. The number of carbonyl (C=O) groups is 1. The number of hydrogen-bond donors (Lipinski definition) is 1. The summed E-state index contributed by atoms with van der Waals surface area (Å²) in [6, 6.07) is 11.1. The summed E-state index contributed by atoms with van der Waals surface area (Å²) in [6.07, 6.45) is 0. The van der Waals surface area contributed by atoms with Crippen molar-refractivity contribution in [2.24, 2.45) is 0 Å². The Morgan fingerprint density at radius 1 is 1.29 bits per heavy atom. The van der Waals surface area contributed by atoms with Gasteiger partial charge in [0.25, 0.3) is 5.91 Å². The lowest BCUT2D eigenvalue weighted by atomic mass is 10.2. The van der Waals surface area contributed by atoms with Crippen molar-refractivity contribution in [1.82, 2.24) is 0 Å². The first-order chi connectivity index (χ1) is 8.20. The third kappa shape index (κ3) is 2.77. The van der Waals surface area contributed by atoms with E-state index in [4.69, 9.17) is 4.42 Å². The minimum absolute atomic E-state index is 0.230. The molecule has 0 aliphatic rings. The van der Waals surface area contributed by atoms with Gasteiger partial charge in [-0.3, -0.25) is 4.79 Å². The first kappa shape index (κ1) is 11.9. The number of carbonyl (C=O) groups excluding carboxylic acids is 1. The van der Waals surface area contributed by atoms with E-state index in [-0.39, 0.29) is 5.91 Å². The Morgan fingerprint density at radius 2 is 2.06 bits per heavy atom. The van der Waals surface area contributed by atoms with Crippen LogP contribution in [0.2, 0.25) is 0 Å². The molecular weight excluding hydrogens is 282 g/mol. The number of halogens is 1. The zero-order valence-corrected chi connectivity index (χ0v) is 11.0. The molecule has 3 nitrogen and oxygen atoms in total. The van der Waals surface area contributed by atoms with Crippen LogP contribution in [-0.2, 0) is 5.33 Å². The first-order valence-corrected chi connectivity index (χ1v) is 6.34. The predicted octanol–water partition coefficient (Wildman–Crippen LogP) is 3.74. The quantitative estimate of drug-likeness (QED) is 0.876. The Labute approximate surface area is 108 Å². The molecule has 0 saturated carbocycles. The van der Waals surface area contributed by atoms with Gasteiger partial charge in [0.05, 0.1) is 0 Å². The molecule has 1 N–H and O–H groups in total. The lowest BCUT2D eigenvalue weighted by Crippen LogP contribution is -2.12. The van der Waals surface area contributed by atoms with E-state index in [1.807, 2.05) is 31.2 Å². The second-order valence-electron chi connectivity index (χ2n) is 3.66. The molecule has 2 aromatic rings. The monoisotopic (exact) mass is 293 g/mol. The third-order valence-electron chi connectivity index (χ3n) is 2.37. The molecular formula is C13H12BrNO2. The van der Waals surface area contributed by atoms with E-state index in [2.05, 4.69) is 21.2 Å². The van der Waals surface area contributed by atoms with E-state index in [1.54, 1.807) is 12.1 Å². The summed E-state index contributed by atoms with van der Waals surface area (Å²) >= 11 is 3.38. The van der Waals surface area contributed by atoms with Crippen LogP contribution < -0.4 is 5.32 Å². The number of benzene rings is 1. The molecule has 0 aliphatic heterocycles. The number of para-hydroxylation sites is 1. The molecule has 2 rings (SSSR count). The van der Waals surface area contributed by atoms with Gasteiger partial charge in [-0.05, 0) is 30.7 Å². The van der Waals surface area contributed by atoms with Crippen molar-refractivity contribution < 1.29 is 9.21 Å². The molecule has 88 valence electrons. The Morgan fingerprint density at radius 3 is 2.71 bits per heavy atom. The maximum absolute atomic E-state index is 11.9. The van der Waals surface area contributed by atoms with E-state index in [1.165, 1.54) is 0 Å². The van der Waals surface area contributed by atoms with E-state index >= 15 is 0 Å². The SMILES string of the molecule is Cc1ccc(C(=O)Nc2ccccc2CBr)o1. The maximum atomic E-state index is 11.9. The smallest absolute Gasteiger partial charge is 0.291 e. The molecule has 0 fully saturated rings. The van der Waals surface area contributed by atoms with Gasteiger partial charge in [0.15, 0.2) is 5.76 Å². The van der Waals surface area contributed by atoms with Crippen molar-refractivity contribution in [3.8, 4) is 0 Å². The Kier molecular flexibility index (Phi) is 3.64. The summed E-state index contributed by atoms with van der Waals surface area (Å²) in [5.41, 5.74) is 1.83. The standard InChI is InChI=1S/C13H12BrNO2/c1-9-6-7-12(17-9)13(16)15-11-5-3-2-4-10(11)8-14/h2-7H,8H2,1H3,(H,15,16). The lowest BCUT2D eigenvalue weighted by Gasteiger charge is -2.07. The number of nitrogens with one attached hydrogen (secondary N) is 1. The predicted molar refractivity (Wildman–Crippen MR) is 70.5 cm³/mol. The lowest BCUT2D eigenvalue weighted by molar-refractivity contribution is 0.0995. The topological polar surface area (TPSA) is 42.2 Å². The number of aryl methyl sites for hydroxylation is 1. The summed E-state index contributed by atoms with van der Waals surface area (Å²) in [5.74, 6) is 0.822.